The number of unbranched alkanes of at least 4 members (excludes halogenated alkanes) is 2. The van der Waals surface area contributed by atoms with E-state index in [9.17, 15) is 4.79 Å². The summed E-state index contributed by atoms with van der Waals surface area (Å²) in [5.74, 6) is -0.987. The third kappa shape index (κ3) is 5.19. The third-order valence-electron chi connectivity index (χ3n) is 2.32. The van der Waals surface area contributed by atoms with E-state index in [1.807, 2.05) is 6.92 Å². The average Bonchev–Trinajstić information content (AvgIpc) is 2.05. The van der Waals surface area contributed by atoms with Gasteiger partial charge < -0.3 is 5.11 Å². The highest BCUT2D eigenvalue weighted by Crippen LogP contribution is 2.20. The molecule has 0 aromatic rings. The van der Waals surface area contributed by atoms with Crippen molar-refractivity contribution in [1.29, 1.82) is 0 Å². The van der Waals surface area contributed by atoms with E-state index >= 15 is 0 Å². The van der Waals surface area contributed by atoms with Crippen molar-refractivity contribution in [1.82, 2.24) is 0 Å². The molecular formula is C10H20O2S. The molecule has 2 unspecified atom stereocenters. The Morgan fingerprint density at radius 1 is 1.38 bits per heavy atom. The Morgan fingerprint density at radius 3 is 2.38 bits per heavy atom. The molecule has 0 bridgehead atoms. The smallest absolute Gasteiger partial charge is 0.307 e. The van der Waals surface area contributed by atoms with Gasteiger partial charge in [-0.25, -0.2) is 0 Å². The number of carboxylic acids is 1. The van der Waals surface area contributed by atoms with Gasteiger partial charge in [-0.15, -0.1) is 0 Å². The van der Waals surface area contributed by atoms with E-state index in [1.54, 1.807) is 0 Å². The summed E-state index contributed by atoms with van der Waals surface area (Å²) in [6.07, 6.45) is 5.03. The molecule has 0 aliphatic rings. The van der Waals surface area contributed by atoms with Crippen LogP contribution in [0.15, 0.2) is 0 Å². The van der Waals surface area contributed by atoms with Crippen molar-refractivity contribution in [3.8, 4) is 0 Å². The molecule has 0 radical (unpaired) electrons. The SMILES string of the molecule is CCCCCC(S)C(CC)C(=O)O. The first kappa shape index (κ1) is 12.8. The first-order chi connectivity index (χ1) is 6.13. The van der Waals surface area contributed by atoms with Gasteiger partial charge in [-0.3, -0.25) is 4.79 Å². The van der Waals surface area contributed by atoms with E-state index in [0.717, 1.165) is 12.8 Å². The molecule has 0 heterocycles. The summed E-state index contributed by atoms with van der Waals surface area (Å²) in [6.45, 7) is 4.05. The maximum absolute atomic E-state index is 10.8. The molecule has 0 aliphatic heterocycles. The molecule has 0 spiro atoms. The largest absolute Gasteiger partial charge is 0.481 e. The van der Waals surface area contributed by atoms with Crippen LogP contribution in [0.2, 0.25) is 0 Å². The number of thiol groups is 1. The minimum atomic E-state index is -0.709. The van der Waals surface area contributed by atoms with E-state index in [-0.39, 0.29) is 11.2 Å². The molecule has 2 nitrogen and oxygen atoms in total. The van der Waals surface area contributed by atoms with Gasteiger partial charge in [0.15, 0.2) is 0 Å². The predicted octanol–water partition coefficient (Wildman–Crippen LogP) is 2.98. The van der Waals surface area contributed by atoms with E-state index in [4.69, 9.17) is 5.11 Å². The van der Waals surface area contributed by atoms with E-state index < -0.39 is 5.97 Å². The van der Waals surface area contributed by atoms with Crippen LogP contribution in [-0.4, -0.2) is 16.3 Å². The second kappa shape index (κ2) is 7.25. The van der Waals surface area contributed by atoms with Crippen molar-refractivity contribution in [2.45, 2.75) is 51.2 Å². The molecule has 0 amide bonds. The fraction of sp³-hybridized carbons (Fsp3) is 0.900. The summed E-state index contributed by atoms with van der Waals surface area (Å²) < 4.78 is 0. The number of aliphatic carboxylic acids is 1. The zero-order valence-electron chi connectivity index (χ0n) is 8.49. The summed E-state index contributed by atoms with van der Waals surface area (Å²) in [7, 11) is 0. The quantitative estimate of drug-likeness (QED) is 0.494. The molecular weight excluding hydrogens is 184 g/mol. The molecule has 0 aromatic carbocycles. The number of hydrogen-bond acceptors (Lipinski definition) is 2. The molecule has 0 saturated heterocycles. The topological polar surface area (TPSA) is 37.3 Å². The van der Waals surface area contributed by atoms with Crippen LogP contribution in [-0.2, 0) is 4.79 Å². The lowest BCUT2D eigenvalue weighted by molar-refractivity contribution is -0.141. The predicted molar refractivity (Wildman–Crippen MR) is 58.3 cm³/mol. The Hall–Kier alpha value is -0.180. The average molecular weight is 204 g/mol. The molecule has 0 fully saturated rings. The van der Waals surface area contributed by atoms with Crippen LogP contribution < -0.4 is 0 Å². The summed E-state index contributed by atoms with van der Waals surface area (Å²) >= 11 is 4.34. The normalized spacial score (nSPS) is 15.3. The van der Waals surface area contributed by atoms with Crippen molar-refractivity contribution in [3.05, 3.63) is 0 Å². The minimum Gasteiger partial charge on any atom is -0.481 e. The summed E-state index contributed by atoms with van der Waals surface area (Å²) in [6, 6.07) is 0. The lowest BCUT2D eigenvalue weighted by Gasteiger charge is -2.17. The van der Waals surface area contributed by atoms with Gasteiger partial charge in [0.2, 0.25) is 0 Å². The van der Waals surface area contributed by atoms with Crippen LogP contribution in [0, 0.1) is 5.92 Å². The van der Waals surface area contributed by atoms with E-state index in [1.165, 1.54) is 12.8 Å². The van der Waals surface area contributed by atoms with E-state index in [0.29, 0.717) is 6.42 Å². The standard InChI is InChI=1S/C10H20O2S/c1-3-5-6-7-9(13)8(4-2)10(11)12/h8-9,13H,3-7H2,1-2H3,(H,11,12). The lowest BCUT2D eigenvalue weighted by Crippen LogP contribution is -2.23. The van der Waals surface area contributed by atoms with Gasteiger partial charge in [0.05, 0.1) is 5.92 Å². The van der Waals surface area contributed by atoms with Crippen LogP contribution in [0.5, 0.6) is 0 Å². The Bertz CT molecular complexity index is 148. The van der Waals surface area contributed by atoms with Crippen LogP contribution in [0.25, 0.3) is 0 Å². The van der Waals surface area contributed by atoms with Crippen molar-refractivity contribution < 1.29 is 9.90 Å². The summed E-state index contributed by atoms with van der Waals surface area (Å²) in [4.78, 5) is 10.8. The molecule has 2 atom stereocenters. The zero-order valence-corrected chi connectivity index (χ0v) is 9.39. The Morgan fingerprint density at radius 2 is 2.00 bits per heavy atom. The Labute approximate surface area is 86.1 Å². The van der Waals surface area contributed by atoms with Crippen LogP contribution in [0.3, 0.4) is 0 Å². The van der Waals surface area contributed by atoms with Gasteiger partial charge in [-0.05, 0) is 12.8 Å². The van der Waals surface area contributed by atoms with Crippen LogP contribution in [0.1, 0.15) is 46.0 Å². The first-order valence-electron chi connectivity index (χ1n) is 5.04. The molecule has 0 aliphatic carbocycles. The third-order valence-corrected chi connectivity index (χ3v) is 2.94. The number of carboxylic acid groups (broad SMARTS) is 1. The maximum Gasteiger partial charge on any atom is 0.307 e. The fourth-order valence-corrected chi connectivity index (χ4v) is 1.94. The molecule has 0 saturated carbocycles. The van der Waals surface area contributed by atoms with Crippen molar-refractivity contribution >= 4 is 18.6 Å². The molecule has 1 N–H and O–H groups in total. The Balaban J connectivity index is 3.77. The van der Waals surface area contributed by atoms with E-state index in [2.05, 4.69) is 19.6 Å². The molecule has 0 aromatic heterocycles. The minimum absolute atomic E-state index is 0.0223. The molecule has 0 rings (SSSR count). The van der Waals surface area contributed by atoms with Crippen molar-refractivity contribution in [2.75, 3.05) is 0 Å². The van der Waals surface area contributed by atoms with Gasteiger partial charge >= 0.3 is 5.97 Å². The van der Waals surface area contributed by atoms with Crippen molar-refractivity contribution in [3.63, 3.8) is 0 Å². The number of hydrogen-bond donors (Lipinski definition) is 2. The number of carbonyl (C=O) groups is 1. The Kier molecular flexibility index (Phi) is 7.14. The summed E-state index contributed by atoms with van der Waals surface area (Å²) in [5, 5.41) is 8.87. The van der Waals surface area contributed by atoms with Gasteiger partial charge in [0, 0.05) is 5.25 Å². The summed E-state index contributed by atoms with van der Waals surface area (Å²) in [5.41, 5.74) is 0. The highest BCUT2D eigenvalue weighted by molar-refractivity contribution is 7.81. The highest BCUT2D eigenvalue weighted by Gasteiger charge is 2.22. The zero-order chi connectivity index (χ0) is 10.3. The molecule has 13 heavy (non-hydrogen) atoms. The second-order valence-corrected chi connectivity index (χ2v) is 4.08. The second-order valence-electron chi connectivity index (χ2n) is 3.42. The lowest BCUT2D eigenvalue weighted by atomic mass is 9.98. The van der Waals surface area contributed by atoms with Gasteiger partial charge in [-0.2, -0.15) is 12.6 Å². The van der Waals surface area contributed by atoms with Crippen molar-refractivity contribution in [2.24, 2.45) is 5.92 Å². The molecule has 78 valence electrons. The maximum atomic E-state index is 10.8. The fourth-order valence-electron chi connectivity index (χ4n) is 1.42. The monoisotopic (exact) mass is 204 g/mol. The van der Waals surface area contributed by atoms with Gasteiger partial charge in [-0.1, -0.05) is 33.1 Å². The highest BCUT2D eigenvalue weighted by atomic mass is 32.1. The van der Waals surface area contributed by atoms with Gasteiger partial charge in [0.25, 0.3) is 0 Å². The first-order valence-corrected chi connectivity index (χ1v) is 5.56. The van der Waals surface area contributed by atoms with Crippen LogP contribution in [0.4, 0.5) is 0 Å². The number of rotatable bonds is 7. The van der Waals surface area contributed by atoms with Gasteiger partial charge in [0.1, 0.15) is 0 Å². The van der Waals surface area contributed by atoms with Crippen LogP contribution >= 0.6 is 12.6 Å². The molecule has 3 heteroatoms.